The molecule has 0 aromatic rings. The van der Waals surface area contributed by atoms with Crippen molar-refractivity contribution in [2.45, 2.75) is 38.6 Å². The number of likely N-dealkylation sites (N-methyl/N-ethyl adjacent to an activating group) is 1. The zero-order valence-corrected chi connectivity index (χ0v) is 14.0. The molecule has 2 aliphatic heterocycles. The van der Waals surface area contributed by atoms with Gasteiger partial charge in [-0.15, -0.1) is 0 Å². The number of amides is 2. The molecule has 1 N–H and O–H groups in total. The highest BCUT2D eigenvalue weighted by Gasteiger charge is 2.37. The van der Waals surface area contributed by atoms with Gasteiger partial charge >= 0.3 is 5.97 Å². The molecule has 7 nitrogen and oxygen atoms in total. The summed E-state index contributed by atoms with van der Waals surface area (Å²) in [6, 6.07) is 0.405. The topological polar surface area (TPSA) is 81.2 Å². The van der Waals surface area contributed by atoms with Crippen molar-refractivity contribution < 1.29 is 19.5 Å². The van der Waals surface area contributed by atoms with Crippen LogP contribution in [-0.4, -0.2) is 83.4 Å². The van der Waals surface area contributed by atoms with Crippen molar-refractivity contribution in [1.29, 1.82) is 0 Å². The molecule has 2 atom stereocenters. The highest BCUT2D eigenvalue weighted by molar-refractivity contribution is 5.89. The maximum atomic E-state index is 12.4. The van der Waals surface area contributed by atoms with E-state index in [1.165, 1.54) is 11.3 Å². The summed E-state index contributed by atoms with van der Waals surface area (Å²) in [6.07, 6.45) is 2.45. The highest BCUT2D eigenvalue weighted by Crippen LogP contribution is 2.24. The van der Waals surface area contributed by atoms with E-state index in [0.717, 1.165) is 19.5 Å². The van der Waals surface area contributed by atoms with Crippen molar-refractivity contribution in [3.05, 3.63) is 0 Å². The number of carboxylic acids is 1. The Hall–Kier alpha value is -1.63. The second-order valence-electron chi connectivity index (χ2n) is 6.53. The monoisotopic (exact) mass is 325 g/mol. The lowest BCUT2D eigenvalue weighted by molar-refractivity contribution is -0.139. The minimum atomic E-state index is -0.922. The van der Waals surface area contributed by atoms with Crippen LogP contribution in [0, 0.1) is 5.92 Å². The fourth-order valence-corrected chi connectivity index (χ4v) is 3.57. The van der Waals surface area contributed by atoms with E-state index in [4.69, 9.17) is 5.11 Å². The second kappa shape index (κ2) is 7.77. The van der Waals surface area contributed by atoms with Crippen molar-refractivity contribution in [3.8, 4) is 0 Å². The number of carboxylic acid groups (broad SMARTS) is 1. The molecule has 23 heavy (non-hydrogen) atoms. The van der Waals surface area contributed by atoms with Crippen LogP contribution in [0.25, 0.3) is 0 Å². The number of carbonyl (C=O) groups excluding carboxylic acids is 2. The van der Waals surface area contributed by atoms with Crippen molar-refractivity contribution in [3.63, 3.8) is 0 Å². The lowest BCUT2D eigenvalue weighted by Gasteiger charge is -2.28. The van der Waals surface area contributed by atoms with Gasteiger partial charge in [0.15, 0.2) is 0 Å². The largest absolute Gasteiger partial charge is 0.481 e. The summed E-state index contributed by atoms with van der Waals surface area (Å²) in [7, 11) is 1.61. The van der Waals surface area contributed by atoms with Gasteiger partial charge in [0.2, 0.25) is 11.8 Å². The highest BCUT2D eigenvalue weighted by atomic mass is 16.4. The average molecular weight is 325 g/mol. The van der Waals surface area contributed by atoms with Gasteiger partial charge in [-0.25, -0.2) is 0 Å². The first-order chi connectivity index (χ1) is 10.9. The van der Waals surface area contributed by atoms with Crippen LogP contribution in [0.1, 0.15) is 32.6 Å². The maximum Gasteiger partial charge on any atom is 0.305 e. The molecule has 2 amide bonds. The number of hydrogen-bond donors (Lipinski definition) is 1. The molecule has 2 saturated heterocycles. The van der Waals surface area contributed by atoms with E-state index in [0.29, 0.717) is 19.1 Å². The Balaban J connectivity index is 1.86. The quantitative estimate of drug-likeness (QED) is 0.726. The van der Waals surface area contributed by atoms with Gasteiger partial charge in [0, 0.05) is 39.1 Å². The lowest BCUT2D eigenvalue weighted by atomic mass is 10.1. The van der Waals surface area contributed by atoms with Gasteiger partial charge in [0.1, 0.15) is 0 Å². The summed E-state index contributed by atoms with van der Waals surface area (Å²) in [5.41, 5.74) is 0. The van der Waals surface area contributed by atoms with Crippen LogP contribution in [0.3, 0.4) is 0 Å². The summed E-state index contributed by atoms with van der Waals surface area (Å²) >= 11 is 0. The first-order valence-corrected chi connectivity index (χ1v) is 8.41. The van der Waals surface area contributed by atoms with Crippen LogP contribution in [0.2, 0.25) is 0 Å². The number of rotatable bonds is 7. The summed E-state index contributed by atoms with van der Waals surface area (Å²) < 4.78 is 0. The van der Waals surface area contributed by atoms with E-state index in [-0.39, 0.29) is 37.1 Å². The molecular weight excluding hydrogens is 298 g/mol. The minimum Gasteiger partial charge on any atom is -0.481 e. The van der Waals surface area contributed by atoms with Gasteiger partial charge in [0.05, 0.1) is 12.3 Å². The van der Waals surface area contributed by atoms with Gasteiger partial charge in [0.25, 0.3) is 0 Å². The van der Waals surface area contributed by atoms with Gasteiger partial charge < -0.3 is 14.9 Å². The molecule has 7 heteroatoms. The van der Waals surface area contributed by atoms with Crippen LogP contribution in [0.15, 0.2) is 0 Å². The molecule has 0 radical (unpaired) electrons. The second-order valence-corrected chi connectivity index (χ2v) is 6.53. The van der Waals surface area contributed by atoms with Crippen molar-refractivity contribution in [2.24, 2.45) is 5.92 Å². The smallest absolute Gasteiger partial charge is 0.305 e. The molecule has 0 aromatic heterocycles. The molecule has 0 aliphatic carbocycles. The predicted octanol–water partition coefficient (Wildman–Crippen LogP) is 0.252. The van der Waals surface area contributed by atoms with Crippen LogP contribution >= 0.6 is 0 Å². The maximum absolute atomic E-state index is 12.4. The first kappa shape index (κ1) is 17.7. The van der Waals surface area contributed by atoms with Gasteiger partial charge in [-0.05, 0) is 25.9 Å². The Morgan fingerprint density at radius 2 is 2.13 bits per heavy atom. The zero-order chi connectivity index (χ0) is 17.0. The molecule has 0 saturated carbocycles. The first-order valence-electron chi connectivity index (χ1n) is 8.41. The van der Waals surface area contributed by atoms with E-state index in [2.05, 4.69) is 11.8 Å². The van der Waals surface area contributed by atoms with Gasteiger partial charge in [-0.2, -0.15) is 0 Å². The summed E-state index contributed by atoms with van der Waals surface area (Å²) in [6.45, 7) is 5.56. The van der Waals surface area contributed by atoms with Crippen molar-refractivity contribution in [1.82, 2.24) is 14.7 Å². The van der Waals surface area contributed by atoms with Crippen LogP contribution < -0.4 is 0 Å². The molecule has 0 bridgehead atoms. The Morgan fingerprint density at radius 1 is 1.39 bits per heavy atom. The Kier molecular flexibility index (Phi) is 5.98. The number of nitrogens with zero attached hydrogens (tertiary/aromatic N) is 3. The fraction of sp³-hybridized carbons (Fsp3) is 0.812. The third-order valence-corrected chi connectivity index (χ3v) is 4.94. The van der Waals surface area contributed by atoms with E-state index in [1.807, 2.05) is 4.90 Å². The third-order valence-electron chi connectivity index (χ3n) is 4.94. The van der Waals surface area contributed by atoms with Crippen LogP contribution in [0.5, 0.6) is 0 Å². The summed E-state index contributed by atoms with van der Waals surface area (Å²) in [5.74, 6) is -1.34. The average Bonchev–Trinajstić information content (AvgIpc) is 3.11. The molecule has 2 aliphatic rings. The predicted molar refractivity (Wildman–Crippen MR) is 84.8 cm³/mol. The number of likely N-dealkylation sites (tertiary alicyclic amines) is 2. The number of hydrogen-bond acceptors (Lipinski definition) is 4. The fourth-order valence-electron chi connectivity index (χ4n) is 3.57. The lowest BCUT2D eigenvalue weighted by Crippen LogP contribution is -2.41. The molecule has 0 unspecified atom stereocenters. The normalized spacial score (nSPS) is 25.1. The number of aliphatic carboxylic acids is 1. The molecule has 2 fully saturated rings. The van der Waals surface area contributed by atoms with E-state index >= 15 is 0 Å². The van der Waals surface area contributed by atoms with Crippen LogP contribution in [0.4, 0.5) is 0 Å². The molecule has 0 spiro atoms. The van der Waals surface area contributed by atoms with Crippen LogP contribution in [-0.2, 0) is 14.4 Å². The Labute approximate surface area is 137 Å². The Morgan fingerprint density at radius 3 is 2.78 bits per heavy atom. The van der Waals surface area contributed by atoms with E-state index < -0.39 is 5.97 Å². The van der Waals surface area contributed by atoms with Gasteiger partial charge in [-0.3, -0.25) is 19.3 Å². The standard InChI is InChI=1S/C16H27N3O4/c1-3-18-7-4-5-13(18)11-19-10-12(9-14(19)20)16(23)17(2)8-6-15(21)22/h12-13H,3-11H2,1-2H3,(H,21,22)/t12-,13+/m1/s1. The SMILES string of the molecule is CCN1CCC[C@H]1CN1C[C@H](C(=O)N(C)CCC(=O)O)CC1=O. The molecule has 2 rings (SSSR count). The van der Waals surface area contributed by atoms with E-state index in [1.54, 1.807) is 7.05 Å². The molecule has 2 heterocycles. The molecule has 130 valence electrons. The molecule has 0 aromatic carbocycles. The Bertz CT molecular complexity index is 468. The van der Waals surface area contributed by atoms with E-state index in [9.17, 15) is 14.4 Å². The van der Waals surface area contributed by atoms with Gasteiger partial charge in [-0.1, -0.05) is 6.92 Å². The minimum absolute atomic E-state index is 0.0398. The van der Waals surface area contributed by atoms with Crippen molar-refractivity contribution >= 4 is 17.8 Å². The summed E-state index contributed by atoms with van der Waals surface area (Å²) in [4.78, 5) is 40.8. The third kappa shape index (κ3) is 4.43. The summed E-state index contributed by atoms with van der Waals surface area (Å²) in [5, 5.41) is 8.70. The molecular formula is C16H27N3O4. The van der Waals surface area contributed by atoms with Crippen molar-refractivity contribution in [2.75, 3.05) is 39.8 Å². The number of carbonyl (C=O) groups is 3. The zero-order valence-electron chi connectivity index (χ0n) is 14.0.